The highest BCUT2D eigenvalue weighted by atomic mass is 16.4. The molecular weight excluding hydrogens is 254 g/mol. The third-order valence-corrected chi connectivity index (χ3v) is 3.04. The molecule has 2 rings (SSSR count). The van der Waals surface area contributed by atoms with Crippen LogP contribution in [-0.4, -0.2) is 20.0 Å². The summed E-state index contributed by atoms with van der Waals surface area (Å²) in [6, 6.07) is 9.10. The van der Waals surface area contributed by atoms with Crippen molar-refractivity contribution < 1.29 is 9.21 Å². The lowest BCUT2D eigenvalue weighted by molar-refractivity contribution is 0.0995. The van der Waals surface area contributed by atoms with E-state index in [2.05, 4.69) is 5.32 Å². The number of carbonyl (C=O) groups is 1. The number of nitrogens with one attached hydrogen (secondary N) is 1. The maximum atomic E-state index is 12.1. The lowest BCUT2D eigenvalue weighted by Crippen LogP contribution is -2.13. The lowest BCUT2D eigenvalue weighted by atomic mass is 10.1. The van der Waals surface area contributed by atoms with Crippen LogP contribution in [0.5, 0.6) is 0 Å². The van der Waals surface area contributed by atoms with Crippen LogP contribution in [0, 0.1) is 6.92 Å². The second-order valence-corrected chi connectivity index (χ2v) is 4.82. The smallest absolute Gasteiger partial charge is 0.291 e. The van der Waals surface area contributed by atoms with Crippen LogP contribution in [0.1, 0.15) is 21.9 Å². The van der Waals surface area contributed by atoms with E-state index >= 15 is 0 Å². The van der Waals surface area contributed by atoms with Crippen molar-refractivity contribution in [3.63, 3.8) is 0 Å². The maximum Gasteiger partial charge on any atom is 0.291 e. The van der Waals surface area contributed by atoms with Crippen molar-refractivity contribution in [1.29, 1.82) is 0 Å². The number of furan rings is 1. The number of aryl methyl sites for hydroxylation is 1. The monoisotopic (exact) mass is 273 g/mol. The van der Waals surface area contributed by atoms with Gasteiger partial charge in [0.2, 0.25) is 0 Å². The number of anilines is 2. The first-order valence-corrected chi connectivity index (χ1v) is 6.39. The van der Waals surface area contributed by atoms with E-state index in [4.69, 9.17) is 10.2 Å². The number of hydrogen-bond acceptors (Lipinski definition) is 4. The molecule has 0 saturated heterocycles. The van der Waals surface area contributed by atoms with Gasteiger partial charge in [0.1, 0.15) is 5.76 Å². The SMILES string of the molecule is Cc1ccc(NC(=O)c2ccc(CN)o2)cc1N(C)C. The van der Waals surface area contributed by atoms with Gasteiger partial charge in [-0.1, -0.05) is 6.07 Å². The molecule has 0 aliphatic rings. The van der Waals surface area contributed by atoms with Crippen LogP contribution in [-0.2, 0) is 6.54 Å². The maximum absolute atomic E-state index is 12.1. The number of carbonyl (C=O) groups excluding carboxylic acids is 1. The van der Waals surface area contributed by atoms with E-state index in [9.17, 15) is 4.79 Å². The Balaban J connectivity index is 2.17. The number of hydrogen-bond donors (Lipinski definition) is 2. The zero-order valence-corrected chi connectivity index (χ0v) is 11.9. The van der Waals surface area contributed by atoms with Gasteiger partial charge in [0, 0.05) is 25.5 Å². The van der Waals surface area contributed by atoms with E-state index in [0.717, 1.165) is 16.9 Å². The fourth-order valence-corrected chi connectivity index (χ4v) is 1.97. The zero-order chi connectivity index (χ0) is 14.7. The first-order chi connectivity index (χ1) is 9.51. The fourth-order valence-electron chi connectivity index (χ4n) is 1.97. The highest BCUT2D eigenvalue weighted by Crippen LogP contribution is 2.23. The number of nitrogens with zero attached hydrogens (tertiary/aromatic N) is 1. The summed E-state index contributed by atoms with van der Waals surface area (Å²) in [4.78, 5) is 14.1. The quantitative estimate of drug-likeness (QED) is 0.897. The average molecular weight is 273 g/mol. The summed E-state index contributed by atoms with van der Waals surface area (Å²) >= 11 is 0. The second kappa shape index (κ2) is 5.79. The van der Waals surface area contributed by atoms with Crippen molar-refractivity contribution in [1.82, 2.24) is 0 Å². The van der Waals surface area contributed by atoms with E-state index in [1.54, 1.807) is 12.1 Å². The van der Waals surface area contributed by atoms with Crippen molar-refractivity contribution in [2.75, 3.05) is 24.3 Å². The van der Waals surface area contributed by atoms with Gasteiger partial charge in [0.15, 0.2) is 5.76 Å². The molecule has 0 bridgehead atoms. The second-order valence-electron chi connectivity index (χ2n) is 4.82. The first-order valence-electron chi connectivity index (χ1n) is 6.39. The Kier molecular flexibility index (Phi) is 4.10. The summed E-state index contributed by atoms with van der Waals surface area (Å²) in [5, 5.41) is 2.82. The summed E-state index contributed by atoms with van der Waals surface area (Å²) in [6.45, 7) is 2.31. The van der Waals surface area contributed by atoms with Gasteiger partial charge >= 0.3 is 0 Å². The van der Waals surface area contributed by atoms with Gasteiger partial charge in [-0.25, -0.2) is 0 Å². The Morgan fingerprint density at radius 1 is 1.30 bits per heavy atom. The molecule has 5 nitrogen and oxygen atoms in total. The topological polar surface area (TPSA) is 71.5 Å². The van der Waals surface area contributed by atoms with E-state index in [0.29, 0.717) is 5.76 Å². The highest BCUT2D eigenvalue weighted by molar-refractivity contribution is 6.02. The molecule has 0 radical (unpaired) electrons. The average Bonchev–Trinajstić information content (AvgIpc) is 2.89. The zero-order valence-electron chi connectivity index (χ0n) is 11.9. The van der Waals surface area contributed by atoms with E-state index in [1.807, 2.05) is 44.1 Å². The summed E-state index contributed by atoms with van der Waals surface area (Å²) in [5.74, 6) is 0.573. The predicted octanol–water partition coefficient (Wildman–Crippen LogP) is 2.37. The van der Waals surface area contributed by atoms with Gasteiger partial charge in [-0.05, 0) is 36.8 Å². The molecular formula is C15H19N3O2. The number of nitrogens with two attached hydrogens (primary N) is 1. The van der Waals surface area contributed by atoms with Gasteiger partial charge in [-0.2, -0.15) is 0 Å². The van der Waals surface area contributed by atoms with Crippen molar-refractivity contribution in [3.8, 4) is 0 Å². The predicted molar refractivity (Wildman–Crippen MR) is 80.1 cm³/mol. The molecule has 0 spiro atoms. The Morgan fingerprint density at radius 3 is 2.65 bits per heavy atom. The summed E-state index contributed by atoms with van der Waals surface area (Å²) in [6.07, 6.45) is 0. The van der Waals surface area contributed by atoms with Crippen LogP contribution in [0.25, 0.3) is 0 Å². The number of benzene rings is 1. The minimum Gasteiger partial charge on any atom is -0.455 e. The molecule has 0 saturated carbocycles. The molecule has 1 amide bonds. The fraction of sp³-hybridized carbons (Fsp3) is 0.267. The molecule has 1 aromatic carbocycles. The summed E-state index contributed by atoms with van der Waals surface area (Å²) < 4.78 is 5.32. The van der Waals surface area contributed by atoms with Gasteiger partial charge in [0.25, 0.3) is 5.91 Å². The molecule has 5 heteroatoms. The van der Waals surface area contributed by atoms with Gasteiger partial charge in [0.05, 0.1) is 6.54 Å². The molecule has 3 N–H and O–H groups in total. The standard InChI is InChI=1S/C15H19N3O2/c1-10-4-5-11(8-13(10)18(2)3)17-15(19)14-7-6-12(9-16)20-14/h4-8H,9,16H2,1-3H3,(H,17,19). The molecule has 0 atom stereocenters. The largest absolute Gasteiger partial charge is 0.455 e. The Morgan fingerprint density at radius 2 is 2.05 bits per heavy atom. The third-order valence-electron chi connectivity index (χ3n) is 3.04. The van der Waals surface area contributed by atoms with E-state index < -0.39 is 0 Å². The van der Waals surface area contributed by atoms with E-state index in [-0.39, 0.29) is 18.2 Å². The molecule has 0 aliphatic heterocycles. The van der Waals surface area contributed by atoms with Crippen molar-refractivity contribution in [2.24, 2.45) is 5.73 Å². The van der Waals surface area contributed by atoms with Crippen LogP contribution in [0.3, 0.4) is 0 Å². The normalized spacial score (nSPS) is 10.4. The third kappa shape index (κ3) is 3.00. The first kappa shape index (κ1) is 14.1. The molecule has 1 heterocycles. The van der Waals surface area contributed by atoms with Crippen LogP contribution < -0.4 is 16.0 Å². The van der Waals surface area contributed by atoms with Crippen molar-refractivity contribution in [3.05, 3.63) is 47.4 Å². The minimum absolute atomic E-state index is 0.262. The summed E-state index contributed by atoms with van der Waals surface area (Å²) in [5.41, 5.74) is 8.40. The minimum atomic E-state index is -0.279. The highest BCUT2D eigenvalue weighted by Gasteiger charge is 2.12. The van der Waals surface area contributed by atoms with Crippen molar-refractivity contribution >= 4 is 17.3 Å². The van der Waals surface area contributed by atoms with E-state index in [1.165, 1.54) is 0 Å². The molecule has 0 unspecified atom stereocenters. The lowest BCUT2D eigenvalue weighted by Gasteiger charge is -2.17. The van der Waals surface area contributed by atoms with Crippen LogP contribution in [0.2, 0.25) is 0 Å². The van der Waals surface area contributed by atoms with Crippen LogP contribution >= 0.6 is 0 Å². The van der Waals surface area contributed by atoms with Crippen LogP contribution in [0.4, 0.5) is 11.4 Å². The Labute approximate surface area is 118 Å². The molecule has 0 aliphatic carbocycles. The Hall–Kier alpha value is -2.27. The molecule has 1 aromatic heterocycles. The summed E-state index contributed by atoms with van der Waals surface area (Å²) in [7, 11) is 3.93. The van der Waals surface area contributed by atoms with Gasteiger partial charge in [-0.3, -0.25) is 4.79 Å². The molecule has 2 aromatic rings. The van der Waals surface area contributed by atoms with Crippen molar-refractivity contribution in [2.45, 2.75) is 13.5 Å². The van der Waals surface area contributed by atoms with Crippen LogP contribution in [0.15, 0.2) is 34.7 Å². The van der Waals surface area contributed by atoms with Gasteiger partial charge in [-0.15, -0.1) is 0 Å². The molecule has 106 valence electrons. The Bertz CT molecular complexity index is 617. The molecule has 0 fully saturated rings. The van der Waals surface area contributed by atoms with Gasteiger partial charge < -0.3 is 20.4 Å². The number of amides is 1. The number of rotatable bonds is 4. The molecule has 20 heavy (non-hydrogen) atoms.